The minimum Gasteiger partial charge on any atom is -0.469 e. The molecular formula is C18H24N4O4. The quantitative estimate of drug-likeness (QED) is 0.580. The Hall–Kier alpha value is -2.64. The molecule has 26 heavy (non-hydrogen) atoms. The maximum absolute atomic E-state index is 13.1. The standard InChI is InChI=1S/C18H24N4O4/c1-4-16(23)21-7-5-12(6-8-21)17(24)22-11-13(18(25)26-3)9-14-15(22)10-19-20(14)2/h4,10,12-13H,1,5-9,11H2,2-3H3. The fourth-order valence-electron chi connectivity index (χ4n) is 3.76. The van der Waals surface area contributed by atoms with Gasteiger partial charge in [-0.2, -0.15) is 5.10 Å². The second-order valence-electron chi connectivity index (χ2n) is 6.78. The Kier molecular flexibility index (Phi) is 5.11. The fourth-order valence-corrected chi connectivity index (χ4v) is 3.76. The molecule has 2 aliphatic rings. The van der Waals surface area contributed by atoms with Crippen molar-refractivity contribution in [3.8, 4) is 0 Å². The summed E-state index contributed by atoms with van der Waals surface area (Å²) in [4.78, 5) is 40.3. The molecule has 3 heterocycles. The lowest BCUT2D eigenvalue weighted by atomic mass is 9.91. The maximum Gasteiger partial charge on any atom is 0.310 e. The van der Waals surface area contributed by atoms with E-state index in [1.165, 1.54) is 13.2 Å². The van der Waals surface area contributed by atoms with Crippen molar-refractivity contribution >= 4 is 23.5 Å². The zero-order chi connectivity index (χ0) is 18.8. The van der Waals surface area contributed by atoms with E-state index >= 15 is 0 Å². The third-order valence-electron chi connectivity index (χ3n) is 5.30. The summed E-state index contributed by atoms with van der Waals surface area (Å²) in [6.45, 7) is 4.88. The fraction of sp³-hybridized carbons (Fsp3) is 0.556. The number of carbonyl (C=O) groups is 3. The largest absolute Gasteiger partial charge is 0.469 e. The zero-order valence-electron chi connectivity index (χ0n) is 15.2. The number of aryl methyl sites for hydroxylation is 1. The summed E-state index contributed by atoms with van der Waals surface area (Å²) in [5.41, 5.74) is 1.63. The van der Waals surface area contributed by atoms with Crippen molar-refractivity contribution in [3.05, 3.63) is 24.5 Å². The van der Waals surface area contributed by atoms with Gasteiger partial charge in [-0.3, -0.25) is 19.1 Å². The van der Waals surface area contributed by atoms with E-state index in [1.807, 2.05) is 0 Å². The molecule has 0 aliphatic carbocycles. The van der Waals surface area contributed by atoms with Crippen LogP contribution in [0.5, 0.6) is 0 Å². The Labute approximate surface area is 152 Å². The monoisotopic (exact) mass is 360 g/mol. The van der Waals surface area contributed by atoms with Crippen LogP contribution in [0, 0.1) is 11.8 Å². The van der Waals surface area contributed by atoms with Crippen molar-refractivity contribution in [2.24, 2.45) is 18.9 Å². The van der Waals surface area contributed by atoms with Crippen molar-refractivity contribution in [1.82, 2.24) is 14.7 Å². The minimum absolute atomic E-state index is 0.0152. The van der Waals surface area contributed by atoms with Crippen molar-refractivity contribution in [1.29, 1.82) is 0 Å². The van der Waals surface area contributed by atoms with Gasteiger partial charge in [-0.05, 0) is 18.9 Å². The van der Waals surface area contributed by atoms with Gasteiger partial charge in [-0.1, -0.05) is 6.58 Å². The van der Waals surface area contributed by atoms with Crippen LogP contribution in [0.25, 0.3) is 0 Å². The molecule has 0 N–H and O–H groups in total. The molecule has 1 atom stereocenters. The number of hydrogen-bond donors (Lipinski definition) is 0. The van der Waals surface area contributed by atoms with Crippen LogP contribution in [-0.4, -0.2) is 59.2 Å². The molecule has 1 saturated heterocycles. The highest BCUT2D eigenvalue weighted by molar-refractivity contribution is 5.97. The van der Waals surface area contributed by atoms with E-state index in [4.69, 9.17) is 4.74 Å². The number of piperidine rings is 1. The van der Waals surface area contributed by atoms with Gasteiger partial charge in [0.2, 0.25) is 11.8 Å². The van der Waals surface area contributed by atoms with E-state index in [2.05, 4.69) is 11.7 Å². The molecule has 1 unspecified atom stereocenters. The van der Waals surface area contributed by atoms with Crippen LogP contribution in [0.1, 0.15) is 18.5 Å². The van der Waals surface area contributed by atoms with Gasteiger partial charge < -0.3 is 14.5 Å². The Morgan fingerprint density at radius 2 is 1.96 bits per heavy atom. The Morgan fingerprint density at radius 3 is 2.58 bits per heavy atom. The first-order valence-corrected chi connectivity index (χ1v) is 8.77. The third-order valence-corrected chi connectivity index (χ3v) is 5.30. The van der Waals surface area contributed by atoms with Gasteiger partial charge in [0, 0.05) is 39.0 Å². The Bertz CT molecular complexity index is 734. The van der Waals surface area contributed by atoms with Crippen molar-refractivity contribution < 1.29 is 19.1 Å². The van der Waals surface area contributed by atoms with Crippen LogP contribution in [0.3, 0.4) is 0 Å². The number of rotatable bonds is 3. The first-order chi connectivity index (χ1) is 12.5. The minimum atomic E-state index is -0.394. The van der Waals surface area contributed by atoms with E-state index < -0.39 is 5.92 Å². The predicted octanol–water partition coefficient (Wildman–Crippen LogP) is 0.523. The number of likely N-dealkylation sites (tertiary alicyclic amines) is 1. The lowest BCUT2D eigenvalue weighted by Gasteiger charge is -2.36. The molecule has 2 aliphatic heterocycles. The van der Waals surface area contributed by atoms with Gasteiger partial charge in [0.1, 0.15) is 0 Å². The molecule has 3 rings (SSSR count). The number of anilines is 1. The summed E-state index contributed by atoms with van der Waals surface area (Å²) in [5.74, 6) is -1.00. The highest BCUT2D eigenvalue weighted by atomic mass is 16.5. The topological polar surface area (TPSA) is 84.7 Å². The number of hydrogen-bond acceptors (Lipinski definition) is 5. The molecule has 8 nitrogen and oxygen atoms in total. The van der Waals surface area contributed by atoms with Gasteiger partial charge in [0.05, 0.1) is 30.6 Å². The summed E-state index contributed by atoms with van der Waals surface area (Å²) >= 11 is 0. The molecular weight excluding hydrogens is 336 g/mol. The van der Waals surface area contributed by atoms with Gasteiger partial charge in [0.25, 0.3) is 0 Å². The second-order valence-corrected chi connectivity index (χ2v) is 6.78. The molecule has 0 bridgehead atoms. The van der Waals surface area contributed by atoms with Crippen LogP contribution in [0.15, 0.2) is 18.9 Å². The van der Waals surface area contributed by atoms with Gasteiger partial charge in [0.15, 0.2) is 0 Å². The molecule has 0 radical (unpaired) electrons. The van der Waals surface area contributed by atoms with E-state index in [1.54, 1.807) is 27.7 Å². The number of fused-ring (bicyclic) bond motifs is 1. The molecule has 1 aromatic heterocycles. The number of esters is 1. The van der Waals surface area contributed by atoms with E-state index in [0.717, 1.165) is 11.4 Å². The molecule has 0 spiro atoms. The average Bonchev–Trinajstić information content (AvgIpc) is 3.06. The third kappa shape index (κ3) is 3.23. The zero-order valence-corrected chi connectivity index (χ0v) is 15.2. The summed E-state index contributed by atoms with van der Waals surface area (Å²) < 4.78 is 6.59. The van der Waals surface area contributed by atoms with Crippen LogP contribution in [0.4, 0.5) is 5.69 Å². The normalized spacial score (nSPS) is 20.5. The van der Waals surface area contributed by atoms with Crippen molar-refractivity contribution in [3.63, 3.8) is 0 Å². The number of carbonyl (C=O) groups excluding carboxylic acids is 3. The molecule has 2 amide bonds. The number of nitrogens with zero attached hydrogens (tertiary/aromatic N) is 4. The van der Waals surface area contributed by atoms with Crippen LogP contribution in [0.2, 0.25) is 0 Å². The van der Waals surface area contributed by atoms with Crippen molar-refractivity contribution in [2.75, 3.05) is 31.6 Å². The lowest BCUT2D eigenvalue weighted by Crippen LogP contribution is -2.48. The van der Waals surface area contributed by atoms with E-state index in [9.17, 15) is 14.4 Å². The second kappa shape index (κ2) is 7.31. The van der Waals surface area contributed by atoms with Gasteiger partial charge >= 0.3 is 5.97 Å². The summed E-state index contributed by atoms with van der Waals surface area (Å²) in [5, 5.41) is 4.25. The first-order valence-electron chi connectivity index (χ1n) is 8.77. The lowest BCUT2D eigenvalue weighted by molar-refractivity contribution is -0.145. The van der Waals surface area contributed by atoms with Gasteiger partial charge in [-0.15, -0.1) is 0 Å². The Balaban J connectivity index is 1.77. The number of amides is 2. The molecule has 0 aromatic carbocycles. The molecule has 8 heteroatoms. The van der Waals surface area contributed by atoms with Crippen LogP contribution < -0.4 is 4.90 Å². The SMILES string of the molecule is C=CC(=O)N1CCC(C(=O)N2CC(C(=O)OC)Cc3c2cnn3C)CC1. The first kappa shape index (κ1) is 18.2. The molecule has 1 aromatic rings. The molecule has 140 valence electrons. The number of aromatic nitrogens is 2. The number of ether oxygens (including phenoxy) is 1. The summed E-state index contributed by atoms with van der Waals surface area (Å²) in [7, 11) is 3.17. The maximum atomic E-state index is 13.1. The predicted molar refractivity (Wildman–Crippen MR) is 94.3 cm³/mol. The summed E-state index contributed by atoms with van der Waals surface area (Å²) in [6.07, 6.45) is 4.70. The highest BCUT2D eigenvalue weighted by Crippen LogP contribution is 2.32. The van der Waals surface area contributed by atoms with E-state index in [0.29, 0.717) is 38.9 Å². The highest BCUT2D eigenvalue weighted by Gasteiger charge is 2.38. The van der Waals surface area contributed by atoms with Crippen LogP contribution in [-0.2, 0) is 32.6 Å². The smallest absolute Gasteiger partial charge is 0.310 e. The van der Waals surface area contributed by atoms with E-state index in [-0.39, 0.29) is 23.7 Å². The molecule has 0 saturated carbocycles. The average molecular weight is 360 g/mol. The number of methoxy groups -OCH3 is 1. The molecule has 1 fully saturated rings. The van der Waals surface area contributed by atoms with Crippen molar-refractivity contribution in [2.45, 2.75) is 19.3 Å². The van der Waals surface area contributed by atoms with Crippen LogP contribution >= 0.6 is 0 Å². The summed E-state index contributed by atoms with van der Waals surface area (Å²) in [6, 6.07) is 0. The van der Waals surface area contributed by atoms with Gasteiger partial charge in [-0.25, -0.2) is 0 Å². The Morgan fingerprint density at radius 1 is 1.27 bits per heavy atom.